The number of benzene rings is 2. The van der Waals surface area contributed by atoms with Gasteiger partial charge in [0.1, 0.15) is 5.57 Å². The second-order valence-corrected chi connectivity index (χ2v) is 7.34. The molecule has 1 N–H and O–H groups in total. The first-order valence-corrected chi connectivity index (χ1v) is 10.1. The van der Waals surface area contributed by atoms with Gasteiger partial charge in [-0.25, -0.2) is 9.69 Å². The lowest BCUT2D eigenvalue weighted by Crippen LogP contribution is -2.54. The third kappa shape index (κ3) is 4.77. The molecule has 1 fully saturated rings. The highest BCUT2D eigenvalue weighted by molar-refractivity contribution is 6.39. The summed E-state index contributed by atoms with van der Waals surface area (Å²) in [6.07, 6.45) is 3.38. The zero-order chi connectivity index (χ0) is 22.5. The Morgan fingerprint density at radius 2 is 1.77 bits per heavy atom. The second-order valence-electron chi connectivity index (χ2n) is 7.34. The van der Waals surface area contributed by atoms with Crippen LogP contribution in [0.3, 0.4) is 0 Å². The van der Waals surface area contributed by atoms with Crippen molar-refractivity contribution in [2.24, 2.45) is 0 Å². The number of ether oxygens (including phenoxy) is 2. The molecule has 162 valence electrons. The largest absolute Gasteiger partial charge is 0.493 e. The molecule has 0 radical (unpaired) electrons. The van der Waals surface area contributed by atoms with Crippen molar-refractivity contribution < 1.29 is 23.9 Å². The molecule has 31 heavy (non-hydrogen) atoms. The minimum absolute atomic E-state index is 0.139. The first-order valence-electron chi connectivity index (χ1n) is 10.1. The van der Waals surface area contributed by atoms with E-state index in [1.165, 1.54) is 13.2 Å². The first kappa shape index (κ1) is 22.1. The van der Waals surface area contributed by atoms with Gasteiger partial charge >= 0.3 is 6.03 Å². The Balaban J connectivity index is 1.93. The van der Waals surface area contributed by atoms with Crippen LogP contribution in [0.2, 0.25) is 0 Å². The van der Waals surface area contributed by atoms with E-state index in [9.17, 15) is 14.4 Å². The zero-order valence-electron chi connectivity index (χ0n) is 18.2. The van der Waals surface area contributed by atoms with E-state index in [1.807, 2.05) is 19.9 Å². The SMILES string of the molecule is CCCCOc1ccc(C=C2C(=O)NC(=O)N(c3ccc(C)c(C)c3)C2=O)cc1OC. The Bertz CT molecular complexity index is 1060. The number of rotatable bonds is 7. The van der Waals surface area contributed by atoms with Gasteiger partial charge in [-0.3, -0.25) is 14.9 Å². The molecule has 1 saturated heterocycles. The molecule has 0 unspecified atom stereocenters. The number of urea groups is 1. The van der Waals surface area contributed by atoms with Gasteiger partial charge < -0.3 is 9.47 Å². The molecule has 0 saturated carbocycles. The van der Waals surface area contributed by atoms with Crippen LogP contribution in [0.4, 0.5) is 10.5 Å². The quantitative estimate of drug-likeness (QED) is 0.411. The van der Waals surface area contributed by atoms with Crippen LogP contribution in [0, 0.1) is 13.8 Å². The number of carbonyl (C=O) groups is 3. The van der Waals surface area contributed by atoms with Gasteiger partial charge in [-0.15, -0.1) is 0 Å². The van der Waals surface area contributed by atoms with Crippen LogP contribution in [0.1, 0.15) is 36.5 Å². The smallest absolute Gasteiger partial charge is 0.335 e. The summed E-state index contributed by atoms with van der Waals surface area (Å²) >= 11 is 0. The summed E-state index contributed by atoms with van der Waals surface area (Å²) in [5.74, 6) is -0.336. The topological polar surface area (TPSA) is 84.9 Å². The van der Waals surface area contributed by atoms with Crippen LogP contribution in [0.25, 0.3) is 6.08 Å². The maximum absolute atomic E-state index is 13.1. The predicted molar refractivity (Wildman–Crippen MR) is 118 cm³/mol. The van der Waals surface area contributed by atoms with Crippen molar-refractivity contribution in [3.63, 3.8) is 0 Å². The number of methoxy groups -OCH3 is 1. The van der Waals surface area contributed by atoms with Gasteiger partial charge in [0.15, 0.2) is 11.5 Å². The van der Waals surface area contributed by atoms with Crippen LogP contribution in [0.5, 0.6) is 11.5 Å². The summed E-state index contributed by atoms with van der Waals surface area (Å²) in [6, 6.07) is 9.63. The Labute approximate surface area is 181 Å². The normalized spacial score (nSPS) is 15.3. The number of carbonyl (C=O) groups excluding carboxylic acids is 3. The molecule has 2 aromatic carbocycles. The van der Waals surface area contributed by atoms with Gasteiger partial charge in [0.2, 0.25) is 0 Å². The Kier molecular flexibility index (Phi) is 6.74. The lowest BCUT2D eigenvalue weighted by molar-refractivity contribution is -0.122. The summed E-state index contributed by atoms with van der Waals surface area (Å²) in [5.41, 5.74) is 2.81. The molecule has 7 heteroatoms. The molecule has 2 aromatic rings. The third-order valence-electron chi connectivity index (χ3n) is 5.10. The fraction of sp³-hybridized carbons (Fsp3) is 0.292. The minimum atomic E-state index is -0.771. The number of unbranched alkanes of at least 4 members (excludes halogenated alkanes) is 1. The average Bonchev–Trinajstić information content (AvgIpc) is 2.74. The summed E-state index contributed by atoms with van der Waals surface area (Å²) in [6.45, 7) is 6.48. The number of imide groups is 2. The molecule has 1 aliphatic rings. The van der Waals surface area contributed by atoms with E-state index in [4.69, 9.17) is 9.47 Å². The molecule has 3 rings (SSSR count). The van der Waals surface area contributed by atoms with Crippen molar-refractivity contribution in [1.82, 2.24) is 5.32 Å². The summed E-state index contributed by atoms with van der Waals surface area (Å²) < 4.78 is 11.1. The molecule has 0 aromatic heterocycles. The number of anilines is 1. The number of nitrogens with one attached hydrogen (secondary N) is 1. The molecular formula is C24H26N2O5. The molecular weight excluding hydrogens is 396 g/mol. The van der Waals surface area contributed by atoms with E-state index in [1.54, 1.807) is 30.3 Å². The maximum atomic E-state index is 13.1. The molecule has 4 amide bonds. The Morgan fingerprint density at radius 3 is 2.45 bits per heavy atom. The third-order valence-corrected chi connectivity index (χ3v) is 5.10. The highest BCUT2D eigenvalue weighted by Crippen LogP contribution is 2.30. The lowest BCUT2D eigenvalue weighted by atomic mass is 10.0. The zero-order valence-corrected chi connectivity index (χ0v) is 18.2. The van der Waals surface area contributed by atoms with Gasteiger partial charge in [0.25, 0.3) is 11.8 Å². The molecule has 1 aliphatic heterocycles. The van der Waals surface area contributed by atoms with E-state index in [0.717, 1.165) is 28.9 Å². The second kappa shape index (κ2) is 9.47. The summed E-state index contributed by atoms with van der Waals surface area (Å²) in [5, 5.41) is 2.24. The van der Waals surface area contributed by atoms with Crippen LogP contribution in [0.15, 0.2) is 42.0 Å². The van der Waals surface area contributed by atoms with Gasteiger partial charge in [0, 0.05) is 0 Å². The summed E-state index contributed by atoms with van der Waals surface area (Å²) in [4.78, 5) is 38.8. The molecule has 0 atom stereocenters. The van der Waals surface area contributed by atoms with Crippen LogP contribution in [-0.2, 0) is 9.59 Å². The van der Waals surface area contributed by atoms with Crippen LogP contribution in [-0.4, -0.2) is 31.6 Å². The van der Waals surface area contributed by atoms with E-state index < -0.39 is 17.8 Å². The fourth-order valence-electron chi connectivity index (χ4n) is 3.14. The van der Waals surface area contributed by atoms with Gasteiger partial charge in [-0.2, -0.15) is 0 Å². The first-order chi connectivity index (χ1) is 14.8. The Morgan fingerprint density at radius 1 is 1.00 bits per heavy atom. The van der Waals surface area contributed by atoms with Crippen LogP contribution < -0.4 is 19.7 Å². The van der Waals surface area contributed by atoms with Gasteiger partial charge in [0.05, 0.1) is 19.4 Å². The number of nitrogens with zero attached hydrogens (tertiary/aromatic N) is 1. The molecule has 1 heterocycles. The van der Waals surface area contributed by atoms with Crippen molar-refractivity contribution in [2.75, 3.05) is 18.6 Å². The van der Waals surface area contributed by atoms with Crippen molar-refractivity contribution in [3.8, 4) is 11.5 Å². The number of barbiturate groups is 1. The number of amides is 4. The van der Waals surface area contributed by atoms with Gasteiger partial charge in [-0.05, 0) is 67.3 Å². The van der Waals surface area contributed by atoms with Crippen LogP contribution >= 0.6 is 0 Å². The van der Waals surface area contributed by atoms with E-state index in [0.29, 0.717) is 29.4 Å². The molecule has 0 spiro atoms. The monoisotopic (exact) mass is 422 g/mol. The average molecular weight is 422 g/mol. The minimum Gasteiger partial charge on any atom is -0.493 e. The maximum Gasteiger partial charge on any atom is 0.335 e. The fourth-order valence-corrected chi connectivity index (χ4v) is 3.14. The van der Waals surface area contributed by atoms with E-state index in [2.05, 4.69) is 12.2 Å². The highest BCUT2D eigenvalue weighted by Gasteiger charge is 2.36. The Hall–Kier alpha value is -3.61. The van der Waals surface area contributed by atoms with Crippen molar-refractivity contribution >= 4 is 29.6 Å². The van der Waals surface area contributed by atoms with Crippen molar-refractivity contribution in [1.29, 1.82) is 0 Å². The van der Waals surface area contributed by atoms with Gasteiger partial charge in [-0.1, -0.05) is 25.5 Å². The van der Waals surface area contributed by atoms with E-state index >= 15 is 0 Å². The number of hydrogen-bond donors (Lipinski definition) is 1. The van der Waals surface area contributed by atoms with E-state index in [-0.39, 0.29) is 5.57 Å². The molecule has 0 bridgehead atoms. The highest BCUT2D eigenvalue weighted by atomic mass is 16.5. The van der Waals surface area contributed by atoms with Crippen molar-refractivity contribution in [2.45, 2.75) is 33.6 Å². The summed E-state index contributed by atoms with van der Waals surface area (Å²) in [7, 11) is 1.53. The molecule has 7 nitrogen and oxygen atoms in total. The number of aryl methyl sites for hydroxylation is 2. The van der Waals surface area contributed by atoms with Crippen molar-refractivity contribution in [3.05, 3.63) is 58.7 Å². The standard InChI is InChI=1S/C24H26N2O5/c1-5-6-11-31-20-10-8-17(14-21(20)30-4)13-19-22(27)25-24(29)26(23(19)28)18-9-7-15(2)16(3)12-18/h7-10,12-14H,5-6,11H2,1-4H3,(H,25,27,29). The number of hydrogen-bond acceptors (Lipinski definition) is 5. The molecule has 0 aliphatic carbocycles. The lowest BCUT2D eigenvalue weighted by Gasteiger charge is -2.26. The predicted octanol–water partition coefficient (Wildman–Crippen LogP) is 4.16.